The maximum absolute atomic E-state index is 11.6. The highest BCUT2D eigenvalue weighted by molar-refractivity contribution is 4.57. The van der Waals surface area contributed by atoms with Crippen molar-refractivity contribution in [3.63, 3.8) is 0 Å². The van der Waals surface area contributed by atoms with Crippen LogP contribution in [-0.4, -0.2) is 31.0 Å². The maximum atomic E-state index is 11.6. The highest BCUT2D eigenvalue weighted by Gasteiger charge is 2.25. The minimum atomic E-state index is -4.12. The molecule has 2 N–H and O–H groups in total. The van der Waals surface area contributed by atoms with Crippen LogP contribution in [0.5, 0.6) is 0 Å². The van der Waals surface area contributed by atoms with E-state index in [4.69, 9.17) is 5.11 Å². The molecule has 0 heterocycles. The highest BCUT2D eigenvalue weighted by atomic mass is 19.4. The lowest BCUT2D eigenvalue weighted by Crippen LogP contribution is -2.29. The van der Waals surface area contributed by atoms with Gasteiger partial charge in [-0.25, -0.2) is 0 Å². The minimum Gasteiger partial charge on any atom is -0.396 e. The third kappa shape index (κ3) is 9.63. The number of halogens is 3. The quantitative estimate of drug-likeness (QED) is 0.636. The molecular formula is C8H16F3NO. The summed E-state index contributed by atoms with van der Waals surface area (Å²) in [6, 6.07) is 0. The van der Waals surface area contributed by atoms with Crippen molar-refractivity contribution in [2.24, 2.45) is 5.92 Å². The molecule has 2 nitrogen and oxygen atoms in total. The Labute approximate surface area is 76.1 Å². The number of aliphatic hydroxyl groups excluding tert-OH is 1. The van der Waals surface area contributed by atoms with E-state index in [0.29, 0.717) is 13.0 Å². The molecular weight excluding hydrogens is 183 g/mol. The first-order valence-electron chi connectivity index (χ1n) is 4.34. The summed E-state index contributed by atoms with van der Waals surface area (Å²) in [4.78, 5) is 0. The fraction of sp³-hybridized carbons (Fsp3) is 1.00. The zero-order valence-electron chi connectivity index (χ0n) is 7.69. The molecule has 0 aromatic carbocycles. The summed E-state index contributed by atoms with van der Waals surface area (Å²) in [6.45, 7) is 1.38. The molecule has 1 atom stereocenters. The smallest absolute Gasteiger partial charge is 0.396 e. The van der Waals surface area contributed by atoms with Crippen molar-refractivity contribution in [2.45, 2.75) is 25.9 Å². The summed E-state index contributed by atoms with van der Waals surface area (Å²) in [7, 11) is 0. The maximum Gasteiger partial charge on any atom is 0.401 e. The molecule has 0 bridgehead atoms. The molecule has 0 saturated heterocycles. The van der Waals surface area contributed by atoms with Crippen LogP contribution in [0.25, 0.3) is 0 Å². The van der Waals surface area contributed by atoms with Crippen LogP contribution >= 0.6 is 0 Å². The van der Waals surface area contributed by atoms with Gasteiger partial charge in [-0.2, -0.15) is 13.2 Å². The first-order chi connectivity index (χ1) is 5.95. The van der Waals surface area contributed by atoms with Gasteiger partial charge in [0.2, 0.25) is 0 Å². The van der Waals surface area contributed by atoms with Crippen LogP contribution in [0, 0.1) is 5.92 Å². The Kier molecular flexibility index (Phi) is 6.07. The Morgan fingerprint density at radius 1 is 1.38 bits per heavy atom. The second-order valence-corrected chi connectivity index (χ2v) is 3.22. The van der Waals surface area contributed by atoms with Crippen LogP contribution in [0.3, 0.4) is 0 Å². The van der Waals surface area contributed by atoms with Crippen molar-refractivity contribution in [3.8, 4) is 0 Å². The van der Waals surface area contributed by atoms with Crippen molar-refractivity contribution < 1.29 is 18.3 Å². The number of nitrogens with one attached hydrogen (secondary N) is 1. The fourth-order valence-corrected chi connectivity index (χ4v) is 0.897. The van der Waals surface area contributed by atoms with Gasteiger partial charge in [-0.1, -0.05) is 6.92 Å². The van der Waals surface area contributed by atoms with E-state index < -0.39 is 12.7 Å². The summed E-state index contributed by atoms with van der Waals surface area (Å²) < 4.78 is 34.8. The molecule has 0 amide bonds. The van der Waals surface area contributed by atoms with Crippen LogP contribution in [-0.2, 0) is 0 Å². The zero-order chi connectivity index (χ0) is 10.3. The van der Waals surface area contributed by atoms with Crippen LogP contribution in [0.4, 0.5) is 13.2 Å². The topological polar surface area (TPSA) is 32.3 Å². The van der Waals surface area contributed by atoms with E-state index in [-0.39, 0.29) is 12.5 Å². The number of hydrogen-bond donors (Lipinski definition) is 2. The summed E-state index contributed by atoms with van der Waals surface area (Å²) in [6.07, 6.45) is -2.71. The molecule has 0 aromatic heterocycles. The molecule has 0 spiro atoms. The fourth-order valence-electron chi connectivity index (χ4n) is 0.897. The first-order valence-corrected chi connectivity index (χ1v) is 4.34. The Bertz CT molecular complexity index is 127. The number of alkyl halides is 3. The zero-order valence-corrected chi connectivity index (χ0v) is 7.69. The SMILES string of the molecule is CC(CO)CCCNCC(F)(F)F. The van der Waals surface area contributed by atoms with Gasteiger partial charge in [-0.3, -0.25) is 0 Å². The Balaban J connectivity index is 3.18. The molecule has 0 rings (SSSR count). The van der Waals surface area contributed by atoms with Gasteiger partial charge in [0.05, 0.1) is 6.54 Å². The molecule has 80 valence electrons. The van der Waals surface area contributed by atoms with Crippen molar-refractivity contribution in [1.82, 2.24) is 5.32 Å². The van der Waals surface area contributed by atoms with Gasteiger partial charge in [0.1, 0.15) is 0 Å². The third-order valence-electron chi connectivity index (χ3n) is 1.69. The van der Waals surface area contributed by atoms with Crippen molar-refractivity contribution in [1.29, 1.82) is 0 Å². The van der Waals surface area contributed by atoms with E-state index in [1.54, 1.807) is 0 Å². The van der Waals surface area contributed by atoms with E-state index in [2.05, 4.69) is 5.32 Å². The van der Waals surface area contributed by atoms with E-state index in [1.807, 2.05) is 6.92 Å². The molecule has 0 aliphatic carbocycles. The predicted octanol–water partition coefficient (Wildman–Crippen LogP) is 1.55. The average Bonchev–Trinajstić information content (AvgIpc) is 2.01. The standard InChI is InChI=1S/C8H16F3NO/c1-7(5-13)3-2-4-12-6-8(9,10)11/h7,12-13H,2-6H2,1H3. The summed E-state index contributed by atoms with van der Waals surface area (Å²) >= 11 is 0. The van der Waals surface area contributed by atoms with E-state index in [1.165, 1.54) is 0 Å². The molecule has 1 unspecified atom stereocenters. The van der Waals surface area contributed by atoms with Gasteiger partial charge in [0.25, 0.3) is 0 Å². The second-order valence-electron chi connectivity index (χ2n) is 3.22. The van der Waals surface area contributed by atoms with Crippen LogP contribution < -0.4 is 5.32 Å². The highest BCUT2D eigenvalue weighted by Crippen LogP contribution is 2.12. The van der Waals surface area contributed by atoms with Crippen LogP contribution in [0.2, 0.25) is 0 Å². The van der Waals surface area contributed by atoms with Gasteiger partial charge in [0, 0.05) is 6.61 Å². The van der Waals surface area contributed by atoms with Crippen LogP contribution in [0.15, 0.2) is 0 Å². The predicted molar refractivity (Wildman–Crippen MR) is 44.4 cm³/mol. The summed E-state index contributed by atoms with van der Waals surface area (Å²) in [5.74, 6) is 0.174. The molecule has 0 radical (unpaired) electrons. The number of hydrogen-bond acceptors (Lipinski definition) is 2. The first kappa shape index (κ1) is 12.7. The minimum absolute atomic E-state index is 0.0965. The lowest BCUT2D eigenvalue weighted by Gasteiger charge is -2.09. The molecule has 0 saturated carbocycles. The van der Waals surface area contributed by atoms with Gasteiger partial charge >= 0.3 is 6.18 Å². The largest absolute Gasteiger partial charge is 0.401 e. The van der Waals surface area contributed by atoms with Gasteiger partial charge < -0.3 is 10.4 Å². The monoisotopic (exact) mass is 199 g/mol. The molecule has 0 aromatic rings. The third-order valence-corrected chi connectivity index (χ3v) is 1.69. The van der Waals surface area contributed by atoms with Crippen molar-refractivity contribution >= 4 is 0 Å². The Hall–Kier alpha value is -0.290. The van der Waals surface area contributed by atoms with E-state index >= 15 is 0 Å². The Morgan fingerprint density at radius 3 is 2.46 bits per heavy atom. The Morgan fingerprint density at radius 2 is 2.00 bits per heavy atom. The molecule has 13 heavy (non-hydrogen) atoms. The molecule has 0 fully saturated rings. The number of aliphatic hydroxyl groups is 1. The van der Waals surface area contributed by atoms with Crippen molar-refractivity contribution in [3.05, 3.63) is 0 Å². The van der Waals surface area contributed by atoms with Gasteiger partial charge in [-0.15, -0.1) is 0 Å². The lowest BCUT2D eigenvalue weighted by molar-refractivity contribution is -0.124. The number of rotatable bonds is 6. The second kappa shape index (κ2) is 6.21. The molecule has 5 heteroatoms. The van der Waals surface area contributed by atoms with E-state index in [0.717, 1.165) is 6.42 Å². The summed E-state index contributed by atoms with van der Waals surface area (Å²) in [5.41, 5.74) is 0. The average molecular weight is 199 g/mol. The normalized spacial score (nSPS) is 14.5. The molecule has 0 aliphatic rings. The van der Waals surface area contributed by atoms with Crippen LogP contribution in [0.1, 0.15) is 19.8 Å². The lowest BCUT2D eigenvalue weighted by atomic mass is 10.1. The van der Waals surface area contributed by atoms with E-state index in [9.17, 15) is 13.2 Å². The van der Waals surface area contributed by atoms with Gasteiger partial charge in [0.15, 0.2) is 0 Å². The van der Waals surface area contributed by atoms with Gasteiger partial charge in [-0.05, 0) is 25.3 Å². The summed E-state index contributed by atoms with van der Waals surface area (Å²) in [5, 5.41) is 10.9. The molecule has 0 aliphatic heterocycles. The van der Waals surface area contributed by atoms with Crippen molar-refractivity contribution in [2.75, 3.05) is 19.7 Å².